The molecule has 2 aliphatic rings. The number of hydrogen-bond acceptors (Lipinski definition) is 5. The molecule has 2 fully saturated rings. The summed E-state index contributed by atoms with van der Waals surface area (Å²) >= 11 is 0. The minimum atomic E-state index is -0.887. The third kappa shape index (κ3) is 1.28. The van der Waals surface area contributed by atoms with E-state index in [0.717, 1.165) is 0 Å². The number of fused-ring (bicyclic) bond motifs is 1. The first-order valence-electron chi connectivity index (χ1n) is 4.56. The third-order valence-corrected chi connectivity index (χ3v) is 3.11. The van der Waals surface area contributed by atoms with Gasteiger partial charge in [-0.2, -0.15) is 0 Å². The molecule has 5 nitrogen and oxygen atoms in total. The molecule has 2 saturated heterocycles. The van der Waals surface area contributed by atoms with Crippen molar-refractivity contribution in [2.24, 2.45) is 0 Å². The second-order valence-corrected chi connectivity index (χ2v) is 3.88. The number of aliphatic hydroxyl groups is 4. The Morgan fingerprint density at radius 1 is 1.15 bits per heavy atom. The van der Waals surface area contributed by atoms with Crippen molar-refractivity contribution >= 4 is 0 Å². The number of nitrogens with zero attached hydrogens (tertiary/aromatic N) is 1. The van der Waals surface area contributed by atoms with Gasteiger partial charge in [-0.3, -0.25) is 4.90 Å². The van der Waals surface area contributed by atoms with Crippen molar-refractivity contribution in [3.8, 4) is 0 Å². The summed E-state index contributed by atoms with van der Waals surface area (Å²) in [5, 5.41) is 37.4. The predicted molar refractivity (Wildman–Crippen MR) is 44.0 cm³/mol. The number of rotatable bonds is 1. The van der Waals surface area contributed by atoms with Gasteiger partial charge in [0.15, 0.2) is 0 Å². The van der Waals surface area contributed by atoms with E-state index < -0.39 is 24.4 Å². The van der Waals surface area contributed by atoms with Crippen LogP contribution in [0.25, 0.3) is 0 Å². The summed E-state index contributed by atoms with van der Waals surface area (Å²) in [6, 6.07) is -0.612. The maximum absolute atomic E-state index is 9.57. The van der Waals surface area contributed by atoms with Gasteiger partial charge in [-0.05, 0) is 6.42 Å². The Bertz CT molecular complexity index is 199. The zero-order valence-electron chi connectivity index (χ0n) is 7.24. The van der Waals surface area contributed by atoms with Crippen molar-refractivity contribution in [1.29, 1.82) is 0 Å². The zero-order valence-corrected chi connectivity index (χ0v) is 7.24. The first-order valence-corrected chi connectivity index (χ1v) is 4.56. The molecule has 76 valence electrons. The van der Waals surface area contributed by atoms with Gasteiger partial charge in [0.1, 0.15) is 0 Å². The van der Waals surface area contributed by atoms with E-state index >= 15 is 0 Å². The Balaban J connectivity index is 2.15. The molecular weight excluding hydrogens is 174 g/mol. The fraction of sp³-hybridized carbons (Fsp3) is 1.00. The summed E-state index contributed by atoms with van der Waals surface area (Å²) in [5.74, 6) is 0. The van der Waals surface area contributed by atoms with E-state index in [1.54, 1.807) is 4.90 Å². The van der Waals surface area contributed by atoms with Crippen LogP contribution < -0.4 is 0 Å². The molecule has 0 bridgehead atoms. The molecule has 0 spiro atoms. The van der Waals surface area contributed by atoms with Crippen molar-refractivity contribution in [1.82, 2.24) is 4.90 Å². The van der Waals surface area contributed by atoms with Crippen LogP contribution in [0.3, 0.4) is 0 Å². The smallest absolute Gasteiger partial charge is 0.0991 e. The zero-order chi connectivity index (χ0) is 9.59. The molecular formula is C8H15NO4. The van der Waals surface area contributed by atoms with Gasteiger partial charge in [0.2, 0.25) is 0 Å². The van der Waals surface area contributed by atoms with Gasteiger partial charge in [-0.1, -0.05) is 0 Å². The lowest BCUT2D eigenvalue weighted by atomic mass is 10.0. The van der Waals surface area contributed by atoms with E-state index in [2.05, 4.69) is 0 Å². The SMILES string of the molecule is OC[C@@H]1[C@@H](O)[C@@H](O)[C@H]2C[C@H](O)CN21. The Morgan fingerprint density at radius 3 is 2.46 bits per heavy atom. The first kappa shape index (κ1) is 9.36. The van der Waals surface area contributed by atoms with Gasteiger partial charge in [0, 0.05) is 12.6 Å². The van der Waals surface area contributed by atoms with Crippen LogP contribution in [0.15, 0.2) is 0 Å². The second-order valence-electron chi connectivity index (χ2n) is 3.88. The van der Waals surface area contributed by atoms with E-state index in [1.165, 1.54) is 0 Å². The van der Waals surface area contributed by atoms with Crippen LogP contribution in [0, 0.1) is 0 Å². The average Bonchev–Trinajstić information content (AvgIpc) is 2.54. The Labute approximate surface area is 76.2 Å². The van der Waals surface area contributed by atoms with Gasteiger partial charge < -0.3 is 20.4 Å². The van der Waals surface area contributed by atoms with E-state index in [4.69, 9.17) is 5.11 Å². The highest BCUT2D eigenvalue weighted by Crippen LogP contribution is 2.32. The third-order valence-electron chi connectivity index (χ3n) is 3.11. The molecule has 0 aliphatic carbocycles. The maximum atomic E-state index is 9.57. The van der Waals surface area contributed by atoms with Gasteiger partial charge >= 0.3 is 0 Å². The van der Waals surface area contributed by atoms with E-state index in [-0.39, 0.29) is 12.6 Å². The Hall–Kier alpha value is -0.200. The van der Waals surface area contributed by atoms with E-state index in [1.807, 2.05) is 0 Å². The Kier molecular flexibility index (Phi) is 2.29. The van der Waals surface area contributed by atoms with Crippen LogP contribution in [0.5, 0.6) is 0 Å². The minimum Gasteiger partial charge on any atom is -0.395 e. The molecule has 0 aromatic carbocycles. The standard InChI is InChI=1S/C8H15NO4/c10-3-6-8(13)7(12)5-1-4(11)2-9(5)6/h4-8,10-13H,1-3H2/t4-,5+,6+,7-,8+/m0/s1. The minimum absolute atomic E-state index is 0.179. The second kappa shape index (κ2) is 3.18. The van der Waals surface area contributed by atoms with Gasteiger partial charge in [-0.15, -0.1) is 0 Å². The lowest BCUT2D eigenvalue weighted by molar-refractivity contribution is 0.00859. The van der Waals surface area contributed by atoms with Crippen molar-refractivity contribution in [2.75, 3.05) is 13.2 Å². The molecule has 4 N–H and O–H groups in total. The number of aliphatic hydroxyl groups excluding tert-OH is 4. The molecule has 0 aromatic heterocycles. The molecule has 0 unspecified atom stereocenters. The van der Waals surface area contributed by atoms with Crippen molar-refractivity contribution in [3.05, 3.63) is 0 Å². The quantitative estimate of drug-likeness (QED) is 0.367. The van der Waals surface area contributed by atoms with Gasteiger partial charge in [0.25, 0.3) is 0 Å². The normalized spacial score (nSPS) is 51.2. The van der Waals surface area contributed by atoms with E-state index in [0.29, 0.717) is 13.0 Å². The molecule has 13 heavy (non-hydrogen) atoms. The molecule has 5 atom stereocenters. The molecule has 0 saturated carbocycles. The molecule has 0 amide bonds. The summed E-state index contributed by atoms with van der Waals surface area (Å²) in [7, 11) is 0. The van der Waals surface area contributed by atoms with Crippen LogP contribution in [0.1, 0.15) is 6.42 Å². The fourth-order valence-corrected chi connectivity index (χ4v) is 2.45. The van der Waals surface area contributed by atoms with Crippen LogP contribution in [0.4, 0.5) is 0 Å². The molecule has 2 aliphatic heterocycles. The highest BCUT2D eigenvalue weighted by atomic mass is 16.3. The van der Waals surface area contributed by atoms with Crippen molar-refractivity contribution < 1.29 is 20.4 Å². The summed E-state index contributed by atoms with van der Waals surface area (Å²) < 4.78 is 0. The lowest BCUT2D eigenvalue weighted by Crippen LogP contribution is -2.40. The molecule has 5 heteroatoms. The number of hydrogen-bond donors (Lipinski definition) is 4. The first-order chi connectivity index (χ1) is 6.15. The van der Waals surface area contributed by atoms with Crippen LogP contribution in [-0.4, -0.2) is 68.9 Å². The molecule has 2 heterocycles. The monoisotopic (exact) mass is 189 g/mol. The van der Waals surface area contributed by atoms with Crippen LogP contribution >= 0.6 is 0 Å². The summed E-state index contributed by atoms with van der Waals surface area (Å²) in [6.07, 6.45) is -1.69. The molecule has 0 aromatic rings. The maximum Gasteiger partial charge on any atom is 0.0991 e. The summed E-state index contributed by atoms with van der Waals surface area (Å²) in [4.78, 5) is 1.79. The lowest BCUT2D eigenvalue weighted by Gasteiger charge is -2.22. The highest BCUT2D eigenvalue weighted by molar-refractivity contribution is 5.05. The van der Waals surface area contributed by atoms with Crippen molar-refractivity contribution in [3.63, 3.8) is 0 Å². The van der Waals surface area contributed by atoms with Gasteiger partial charge in [0.05, 0.1) is 31.0 Å². The Morgan fingerprint density at radius 2 is 1.85 bits per heavy atom. The van der Waals surface area contributed by atoms with Crippen molar-refractivity contribution in [2.45, 2.75) is 36.8 Å². The average molecular weight is 189 g/mol. The van der Waals surface area contributed by atoms with Crippen LogP contribution in [0.2, 0.25) is 0 Å². The molecule has 0 radical (unpaired) electrons. The summed E-state index contributed by atoms with van der Waals surface area (Å²) in [5.41, 5.74) is 0. The van der Waals surface area contributed by atoms with Crippen LogP contribution in [-0.2, 0) is 0 Å². The topological polar surface area (TPSA) is 84.2 Å². The predicted octanol–water partition coefficient (Wildman–Crippen LogP) is -2.48. The summed E-state index contributed by atoms with van der Waals surface area (Å²) in [6.45, 7) is 0.255. The highest BCUT2D eigenvalue weighted by Gasteiger charge is 2.51. The largest absolute Gasteiger partial charge is 0.395 e. The van der Waals surface area contributed by atoms with Gasteiger partial charge in [-0.25, -0.2) is 0 Å². The molecule has 2 rings (SSSR count). The van der Waals surface area contributed by atoms with E-state index in [9.17, 15) is 15.3 Å². The fourth-order valence-electron chi connectivity index (χ4n) is 2.45.